The average Bonchev–Trinajstić information content (AvgIpc) is 3.65. The van der Waals surface area contributed by atoms with Crippen LogP contribution < -0.4 is 4.90 Å². The van der Waals surface area contributed by atoms with Crippen LogP contribution in [0.15, 0.2) is 133 Å². The molecule has 0 N–H and O–H groups in total. The molecule has 2 bridgehead atoms. The molecule has 0 aromatic heterocycles. The summed E-state index contributed by atoms with van der Waals surface area (Å²) in [5.74, 6) is -3.77. The maximum Gasteiger partial charge on any atom is 0.338 e. The number of hydrogen-bond acceptors (Lipinski definition) is 5. The molecule has 50 heavy (non-hydrogen) atoms. The molecule has 6 heteroatoms. The molecule has 1 saturated carbocycles. The van der Waals surface area contributed by atoms with Crippen molar-refractivity contribution in [2.45, 2.75) is 31.6 Å². The van der Waals surface area contributed by atoms with Crippen LogP contribution in [-0.2, 0) is 30.0 Å². The second kappa shape index (κ2) is 11.6. The minimum absolute atomic E-state index is 0.176. The van der Waals surface area contributed by atoms with Crippen LogP contribution in [0.25, 0.3) is 11.1 Å². The normalized spacial score (nSPS) is 23.8. The number of imide groups is 1. The number of esters is 1. The van der Waals surface area contributed by atoms with E-state index in [4.69, 9.17) is 4.74 Å². The van der Waals surface area contributed by atoms with Crippen molar-refractivity contribution in [3.63, 3.8) is 0 Å². The van der Waals surface area contributed by atoms with Crippen molar-refractivity contribution < 1.29 is 23.9 Å². The molecule has 8 rings (SSSR count). The number of ether oxygens (including phenoxy) is 1. The molecule has 5 aromatic carbocycles. The van der Waals surface area contributed by atoms with Crippen molar-refractivity contribution in [2.75, 3.05) is 11.5 Å². The van der Waals surface area contributed by atoms with Crippen LogP contribution in [0.1, 0.15) is 50.7 Å². The second-order valence-corrected chi connectivity index (χ2v) is 13.4. The molecule has 2 amide bonds. The summed E-state index contributed by atoms with van der Waals surface area (Å²) in [6.45, 7) is 5.94. The number of carbonyl (C=O) groups excluding carboxylic acids is 4. The van der Waals surface area contributed by atoms with E-state index in [-0.39, 0.29) is 23.6 Å². The van der Waals surface area contributed by atoms with Crippen LogP contribution >= 0.6 is 0 Å². The zero-order valence-corrected chi connectivity index (χ0v) is 28.1. The zero-order valence-electron chi connectivity index (χ0n) is 28.1. The van der Waals surface area contributed by atoms with E-state index in [1.807, 2.05) is 123 Å². The third-order valence-corrected chi connectivity index (χ3v) is 10.7. The van der Waals surface area contributed by atoms with Gasteiger partial charge in [-0.25, -0.2) is 9.69 Å². The third-order valence-electron chi connectivity index (χ3n) is 10.7. The highest BCUT2D eigenvalue weighted by molar-refractivity contribution is 6.39. The molecule has 0 unspecified atom stereocenters. The molecular weight excluding hydrogens is 622 g/mol. The van der Waals surface area contributed by atoms with Gasteiger partial charge in [-0.15, -0.1) is 0 Å². The summed E-state index contributed by atoms with van der Waals surface area (Å²) >= 11 is 0. The van der Waals surface area contributed by atoms with Gasteiger partial charge in [-0.1, -0.05) is 126 Å². The van der Waals surface area contributed by atoms with Gasteiger partial charge >= 0.3 is 5.97 Å². The topological polar surface area (TPSA) is 80.8 Å². The Bertz CT molecular complexity index is 2100. The Morgan fingerprint density at radius 2 is 1.08 bits per heavy atom. The summed E-state index contributed by atoms with van der Waals surface area (Å²) in [5.41, 5.74) is 4.08. The largest absolute Gasteiger partial charge is 0.462 e. The van der Waals surface area contributed by atoms with Gasteiger partial charge in [0.25, 0.3) is 0 Å². The lowest BCUT2D eigenvalue weighted by atomic mass is 9.59. The maximum atomic E-state index is 16.1. The van der Waals surface area contributed by atoms with Gasteiger partial charge in [-0.3, -0.25) is 14.4 Å². The summed E-state index contributed by atoms with van der Waals surface area (Å²) in [6, 6.07) is 41.5. The van der Waals surface area contributed by atoms with Crippen molar-refractivity contribution in [2.24, 2.45) is 11.8 Å². The summed E-state index contributed by atoms with van der Waals surface area (Å²) in [6.07, 6.45) is 0. The first-order chi connectivity index (χ1) is 24.3. The molecule has 246 valence electrons. The van der Waals surface area contributed by atoms with Crippen LogP contribution in [0.4, 0.5) is 5.69 Å². The lowest BCUT2D eigenvalue weighted by molar-refractivity contribution is -0.130. The number of aryl methyl sites for hydroxylation is 2. The van der Waals surface area contributed by atoms with E-state index in [0.717, 1.165) is 33.4 Å². The average molecular weight is 658 g/mol. The number of nitrogens with zero attached hydrogens (tertiary/aromatic N) is 1. The Labute approximate surface area is 291 Å². The number of ketones is 1. The number of benzene rings is 5. The predicted molar refractivity (Wildman–Crippen MR) is 192 cm³/mol. The van der Waals surface area contributed by atoms with Gasteiger partial charge in [0.1, 0.15) is 0 Å². The zero-order chi connectivity index (χ0) is 34.8. The van der Waals surface area contributed by atoms with Crippen LogP contribution in [0.3, 0.4) is 0 Å². The van der Waals surface area contributed by atoms with E-state index in [9.17, 15) is 4.79 Å². The van der Waals surface area contributed by atoms with E-state index in [1.54, 1.807) is 25.1 Å². The summed E-state index contributed by atoms with van der Waals surface area (Å²) in [5, 5.41) is 0. The SMILES string of the molecule is CCOC(=O)c1cccc(N2C(=O)[C@@H]3[C@H](C2=O)[C@@]2(c4ccccc4)C(=O)[C@@]3(c3ccccc3)C(c3ccc(C)cc3)=C2c2ccc(C)cc2)c1. The molecule has 1 saturated heterocycles. The summed E-state index contributed by atoms with van der Waals surface area (Å²) in [7, 11) is 0. The standard InChI is InChI=1S/C44H35NO5/c1-4-50-41(48)31-12-11-17-34(26-31)45-39(46)37-38(40(45)47)44(33-15-9-6-10-16-33)36(30-24-20-28(3)21-25-30)35(29-22-18-27(2)19-23-29)43(37,42(44)49)32-13-7-5-8-14-32/h5-26,37-38H,4H2,1-3H3/t37-,38+,43-,44-/m0/s1. The first kappa shape index (κ1) is 31.4. The fourth-order valence-electron chi connectivity index (χ4n) is 8.81. The molecular formula is C44H35NO5. The van der Waals surface area contributed by atoms with Gasteiger partial charge in [0.15, 0.2) is 5.78 Å². The summed E-state index contributed by atoms with van der Waals surface area (Å²) < 4.78 is 5.24. The van der Waals surface area contributed by atoms with Crippen LogP contribution in [-0.4, -0.2) is 30.2 Å². The fourth-order valence-corrected chi connectivity index (χ4v) is 8.81. The molecule has 3 aliphatic rings. The van der Waals surface area contributed by atoms with E-state index in [2.05, 4.69) is 0 Å². The lowest BCUT2D eigenvalue weighted by Crippen LogP contribution is -2.45. The minimum Gasteiger partial charge on any atom is -0.462 e. The van der Waals surface area contributed by atoms with Crippen LogP contribution in [0.2, 0.25) is 0 Å². The molecule has 4 atom stereocenters. The van der Waals surface area contributed by atoms with Crippen LogP contribution in [0, 0.1) is 25.7 Å². The first-order valence-electron chi connectivity index (χ1n) is 17.0. The fraction of sp³-hybridized carbons (Fsp3) is 0.182. The van der Waals surface area contributed by atoms with Crippen molar-refractivity contribution >= 4 is 40.4 Å². The Morgan fingerprint density at radius 1 is 0.620 bits per heavy atom. The van der Waals surface area contributed by atoms with Gasteiger partial charge in [0.05, 0.1) is 40.5 Å². The third kappa shape index (κ3) is 4.14. The van der Waals surface area contributed by atoms with Gasteiger partial charge in [0, 0.05) is 0 Å². The quantitative estimate of drug-likeness (QED) is 0.133. The number of allylic oxidation sites excluding steroid dienone is 2. The monoisotopic (exact) mass is 657 g/mol. The van der Waals surface area contributed by atoms with Gasteiger partial charge < -0.3 is 4.74 Å². The van der Waals surface area contributed by atoms with Gasteiger partial charge in [-0.05, 0) is 72.4 Å². The maximum absolute atomic E-state index is 16.1. The molecule has 1 heterocycles. The molecule has 6 nitrogen and oxygen atoms in total. The minimum atomic E-state index is -1.50. The van der Waals surface area contributed by atoms with E-state index >= 15 is 14.4 Å². The van der Waals surface area contributed by atoms with Gasteiger partial charge in [0.2, 0.25) is 11.8 Å². The highest BCUT2D eigenvalue weighted by Gasteiger charge is 2.82. The molecule has 0 radical (unpaired) electrons. The lowest BCUT2D eigenvalue weighted by Gasteiger charge is -2.39. The van der Waals surface area contributed by atoms with Crippen molar-refractivity contribution in [3.8, 4) is 0 Å². The van der Waals surface area contributed by atoms with Crippen LogP contribution in [0.5, 0.6) is 0 Å². The number of carbonyl (C=O) groups is 4. The van der Waals surface area contributed by atoms with E-state index < -0.39 is 40.4 Å². The van der Waals surface area contributed by atoms with Crippen molar-refractivity contribution in [1.29, 1.82) is 0 Å². The highest BCUT2D eigenvalue weighted by atomic mass is 16.5. The predicted octanol–water partition coefficient (Wildman–Crippen LogP) is 7.67. The van der Waals surface area contributed by atoms with E-state index in [1.165, 1.54) is 11.0 Å². The smallest absolute Gasteiger partial charge is 0.338 e. The Balaban J connectivity index is 1.50. The molecule has 1 aliphatic heterocycles. The molecule has 2 fully saturated rings. The summed E-state index contributed by atoms with van der Waals surface area (Å²) in [4.78, 5) is 60.5. The first-order valence-corrected chi connectivity index (χ1v) is 17.0. The Kier molecular flexibility index (Phi) is 7.30. The highest BCUT2D eigenvalue weighted by Crippen LogP contribution is 2.74. The van der Waals surface area contributed by atoms with Gasteiger partial charge in [-0.2, -0.15) is 0 Å². The van der Waals surface area contributed by atoms with Crippen molar-refractivity contribution in [3.05, 3.63) is 172 Å². The van der Waals surface area contributed by atoms with Crippen molar-refractivity contribution in [1.82, 2.24) is 0 Å². The number of amides is 2. The Hall–Kier alpha value is -5.88. The number of fused-ring (bicyclic) bond motifs is 5. The second-order valence-electron chi connectivity index (χ2n) is 13.4. The number of anilines is 1. The number of hydrogen-bond donors (Lipinski definition) is 0. The molecule has 2 aliphatic carbocycles. The van der Waals surface area contributed by atoms with E-state index in [0.29, 0.717) is 11.1 Å². The molecule has 5 aromatic rings. The molecule has 0 spiro atoms. The number of Topliss-reactive ketones (excluding diaryl/α,β-unsaturated/α-hetero) is 1. The number of rotatable bonds is 7. The Morgan fingerprint density at radius 3 is 1.52 bits per heavy atom.